The van der Waals surface area contributed by atoms with Gasteiger partial charge in [0.2, 0.25) is 6.33 Å². The average Bonchev–Trinajstić information content (AvgIpc) is 2.92. The molecule has 0 unspecified atom stereocenters. The van der Waals surface area contributed by atoms with Gasteiger partial charge in [0.25, 0.3) is 0 Å². The minimum Gasteiger partial charge on any atom is -1.00 e. The van der Waals surface area contributed by atoms with Gasteiger partial charge in [0, 0.05) is 10.4 Å². The fraction of sp³-hybridized carbons (Fsp3) is 0.0556. The van der Waals surface area contributed by atoms with Crippen LogP contribution in [0.25, 0.3) is 16.3 Å². The first-order valence-electron chi connectivity index (χ1n) is 6.92. The van der Waals surface area contributed by atoms with Crippen molar-refractivity contribution in [2.75, 3.05) is 0 Å². The van der Waals surface area contributed by atoms with E-state index >= 15 is 0 Å². The Morgan fingerprint density at radius 1 is 0.955 bits per heavy atom. The molecule has 0 aliphatic carbocycles. The summed E-state index contributed by atoms with van der Waals surface area (Å²) in [4.78, 5) is 0. The first kappa shape index (κ1) is 15.1. The van der Waals surface area contributed by atoms with Crippen LogP contribution in [-0.2, 0) is 6.54 Å². The predicted octanol–water partition coefficient (Wildman–Crippen LogP) is 1.09. The molecule has 0 saturated carbocycles. The van der Waals surface area contributed by atoms with E-state index < -0.39 is 0 Å². The van der Waals surface area contributed by atoms with E-state index in [4.69, 9.17) is 11.6 Å². The van der Waals surface area contributed by atoms with Gasteiger partial charge in [0.15, 0.2) is 5.52 Å². The van der Waals surface area contributed by atoms with Gasteiger partial charge in [-0.25, -0.2) is 8.97 Å². The maximum absolute atomic E-state index is 5.93. The van der Waals surface area contributed by atoms with Crippen molar-refractivity contribution in [2.24, 2.45) is 0 Å². The Bertz CT molecular complexity index is 929. The SMILES string of the molecule is Clc1ccc(Cn2cc3c4ccccc4cc[n+]3c2)cc1.[Br-]. The van der Waals surface area contributed by atoms with Crippen molar-refractivity contribution >= 4 is 27.9 Å². The van der Waals surface area contributed by atoms with Gasteiger partial charge in [-0.05, 0) is 35.2 Å². The third kappa shape index (κ3) is 2.74. The Morgan fingerprint density at radius 2 is 1.73 bits per heavy atom. The number of imidazole rings is 1. The Kier molecular flexibility index (Phi) is 4.19. The Labute approximate surface area is 144 Å². The van der Waals surface area contributed by atoms with Crippen LogP contribution in [0, 0.1) is 0 Å². The van der Waals surface area contributed by atoms with Crippen molar-refractivity contribution in [3.8, 4) is 0 Å². The molecular weight excluding hydrogens is 360 g/mol. The zero-order chi connectivity index (χ0) is 14.2. The lowest BCUT2D eigenvalue weighted by Gasteiger charge is -1.97. The smallest absolute Gasteiger partial charge is 0.249 e. The van der Waals surface area contributed by atoms with Crippen LogP contribution in [0.1, 0.15) is 5.56 Å². The number of fused-ring (bicyclic) bond motifs is 3. The molecule has 2 nitrogen and oxygen atoms in total. The summed E-state index contributed by atoms with van der Waals surface area (Å²) >= 11 is 5.93. The quantitative estimate of drug-likeness (QED) is 0.465. The highest BCUT2D eigenvalue weighted by atomic mass is 79.9. The zero-order valence-corrected chi connectivity index (χ0v) is 14.1. The summed E-state index contributed by atoms with van der Waals surface area (Å²) < 4.78 is 4.36. The summed E-state index contributed by atoms with van der Waals surface area (Å²) in [7, 11) is 0. The van der Waals surface area contributed by atoms with E-state index in [1.54, 1.807) is 0 Å². The molecule has 0 atom stereocenters. The second-order valence-electron chi connectivity index (χ2n) is 5.24. The summed E-state index contributed by atoms with van der Waals surface area (Å²) in [5.74, 6) is 0. The van der Waals surface area contributed by atoms with Crippen molar-refractivity contribution in [3.63, 3.8) is 0 Å². The lowest BCUT2D eigenvalue weighted by atomic mass is 10.1. The second-order valence-corrected chi connectivity index (χ2v) is 5.68. The lowest BCUT2D eigenvalue weighted by molar-refractivity contribution is -0.511. The molecule has 0 radical (unpaired) electrons. The van der Waals surface area contributed by atoms with Crippen LogP contribution < -0.4 is 21.4 Å². The Balaban J connectivity index is 0.00000144. The second kappa shape index (κ2) is 6.11. The maximum atomic E-state index is 5.93. The number of pyridine rings is 1. The first-order valence-corrected chi connectivity index (χ1v) is 7.30. The largest absolute Gasteiger partial charge is 1.00 e. The molecule has 0 saturated heterocycles. The number of halogens is 2. The summed E-state index contributed by atoms with van der Waals surface area (Å²) in [6, 6.07) is 18.6. The summed E-state index contributed by atoms with van der Waals surface area (Å²) in [5, 5.41) is 3.31. The molecule has 0 amide bonds. The van der Waals surface area contributed by atoms with Crippen molar-refractivity contribution < 1.29 is 21.4 Å². The van der Waals surface area contributed by atoms with Crippen molar-refractivity contribution in [1.29, 1.82) is 0 Å². The fourth-order valence-electron chi connectivity index (χ4n) is 2.73. The van der Waals surface area contributed by atoms with E-state index in [0.29, 0.717) is 0 Å². The molecule has 0 spiro atoms. The third-order valence-electron chi connectivity index (χ3n) is 3.77. The van der Waals surface area contributed by atoms with E-state index in [1.807, 2.05) is 12.1 Å². The van der Waals surface area contributed by atoms with Gasteiger partial charge in [-0.2, -0.15) is 0 Å². The minimum atomic E-state index is 0. The molecule has 4 heteroatoms. The molecule has 2 aromatic carbocycles. The van der Waals surface area contributed by atoms with Crippen LogP contribution in [0.4, 0.5) is 0 Å². The summed E-state index contributed by atoms with van der Waals surface area (Å²) in [5.41, 5.74) is 2.46. The van der Waals surface area contributed by atoms with E-state index in [0.717, 1.165) is 11.6 Å². The maximum Gasteiger partial charge on any atom is 0.249 e. The number of benzene rings is 2. The molecule has 2 heterocycles. The summed E-state index contributed by atoms with van der Waals surface area (Å²) in [6.07, 6.45) is 6.42. The van der Waals surface area contributed by atoms with E-state index in [9.17, 15) is 0 Å². The molecule has 0 N–H and O–H groups in total. The Hall–Kier alpha value is -1.84. The van der Waals surface area contributed by atoms with Gasteiger partial charge in [-0.3, -0.25) is 0 Å². The van der Waals surface area contributed by atoms with Crippen LogP contribution >= 0.6 is 11.6 Å². The number of aromatic nitrogens is 2. The number of hydrogen-bond acceptors (Lipinski definition) is 0. The van der Waals surface area contributed by atoms with Gasteiger partial charge in [0.1, 0.15) is 12.7 Å². The van der Waals surface area contributed by atoms with Gasteiger partial charge in [0.05, 0.1) is 6.20 Å². The van der Waals surface area contributed by atoms with Crippen LogP contribution in [-0.4, -0.2) is 4.57 Å². The zero-order valence-electron chi connectivity index (χ0n) is 11.8. The van der Waals surface area contributed by atoms with Crippen molar-refractivity contribution in [2.45, 2.75) is 6.54 Å². The first-order chi connectivity index (χ1) is 10.3. The normalized spacial score (nSPS) is 10.8. The molecule has 0 aliphatic rings. The molecular formula is C18H14BrClN2. The van der Waals surface area contributed by atoms with Crippen LogP contribution in [0.5, 0.6) is 0 Å². The monoisotopic (exact) mass is 372 g/mol. The molecule has 4 rings (SSSR count). The van der Waals surface area contributed by atoms with Crippen LogP contribution in [0.2, 0.25) is 5.02 Å². The van der Waals surface area contributed by atoms with Gasteiger partial charge in [-0.15, -0.1) is 0 Å². The highest BCUT2D eigenvalue weighted by molar-refractivity contribution is 6.30. The highest BCUT2D eigenvalue weighted by Crippen LogP contribution is 2.17. The van der Waals surface area contributed by atoms with E-state index in [1.165, 1.54) is 21.9 Å². The summed E-state index contributed by atoms with van der Waals surface area (Å²) in [6.45, 7) is 0.840. The molecule has 22 heavy (non-hydrogen) atoms. The number of rotatable bonds is 2. The highest BCUT2D eigenvalue weighted by Gasteiger charge is 2.10. The standard InChI is InChI=1S/C18H14ClN2.BrH/c19-16-7-5-14(6-8-16)11-20-12-18-17-4-2-1-3-15(17)9-10-21(18)13-20;/h1-10,12-13H,11H2;1H/q+1;/p-1. The van der Waals surface area contributed by atoms with E-state index in [2.05, 4.69) is 70.2 Å². The molecule has 110 valence electrons. The Morgan fingerprint density at radius 3 is 2.55 bits per heavy atom. The van der Waals surface area contributed by atoms with Crippen molar-refractivity contribution in [1.82, 2.24) is 4.57 Å². The molecule has 0 fully saturated rings. The third-order valence-corrected chi connectivity index (χ3v) is 4.02. The predicted molar refractivity (Wildman–Crippen MR) is 85.7 cm³/mol. The molecule has 4 aromatic rings. The minimum absolute atomic E-state index is 0. The molecule has 2 aromatic heterocycles. The van der Waals surface area contributed by atoms with E-state index in [-0.39, 0.29) is 17.0 Å². The molecule has 0 bridgehead atoms. The molecule has 0 aliphatic heterocycles. The van der Waals surface area contributed by atoms with Gasteiger partial charge < -0.3 is 17.0 Å². The van der Waals surface area contributed by atoms with Crippen LogP contribution in [0.15, 0.2) is 73.3 Å². The van der Waals surface area contributed by atoms with Crippen molar-refractivity contribution in [3.05, 3.63) is 83.9 Å². The fourth-order valence-corrected chi connectivity index (χ4v) is 2.86. The number of nitrogens with zero attached hydrogens (tertiary/aromatic N) is 2. The topological polar surface area (TPSA) is 9.03 Å². The van der Waals surface area contributed by atoms with Gasteiger partial charge >= 0.3 is 0 Å². The number of hydrogen-bond donors (Lipinski definition) is 0. The van der Waals surface area contributed by atoms with Gasteiger partial charge in [-0.1, -0.05) is 41.9 Å². The average molecular weight is 374 g/mol. The van der Waals surface area contributed by atoms with Crippen LogP contribution in [0.3, 0.4) is 0 Å². The lowest BCUT2D eigenvalue weighted by Crippen LogP contribution is -3.00.